The van der Waals surface area contributed by atoms with Crippen LogP contribution in [0.2, 0.25) is 0 Å². The minimum atomic E-state index is 0.924. The number of nitrogens with one attached hydrogen (secondary N) is 2. The predicted octanol–water partition coefficient (Wildman–Crippen LogP) is 1.21. The molecule has 0 bridgehead atoms. The Balaban J connectivity index is 2.05. The van der Waals surface area contributed by atoms with Crippen LogP contribution in [0.25, 0.3) is 0 Å². The molecule has 1 aromatic heterocycles. The van der Waals surface area contributed by atoms with Gasteiger partial charge < -0.3 is 10.6 Å². The summed E-state index contributed by atoms with van der Waals surface area (Å²) in [6.07, 6.45) is 4.47. The van der Waals surface area contributed by atoms with Crippen LogP contribution in [0.5, 0.6) is 0 Å². The van der Waals surface area contributed by atoms with Gasteiger partial charge in [-0.3, -0.25) is 4.68 Å². The van der Waals surface area contributed by atoms with Gasteiger partial charge in [0, 0.05) is 25.4 Å². The lowest BCUT2D eigenvalue weighted by molar-refractivity contribution is 0.591. The fraction of sp³-hybridized carbons (Fsp3) is 0.750. The van der Waals surface area contributed by atoms with Crippen molar-refractivity contribution in [3.05, 3.63) is 17.5 Å². The molecular weight excluding hydrogens is 200 g/mol. The molecule has 0 aromatic carbocycles. The van der Waals surface area contributed by atoms with E-state index in [-0.39, 0.29) is 0 Å². The van der Waals surface area contributed by atoms with Gasteiger partial charge in [-0.1, -0.05) is 6.92 Å². The molecule has 4 heteroatoms. The largest absolute Gasteiger partial charge is 0.317 e. The van der Waals surface area contributed by atoms with Crippen LogP contribution in [0.4, 0.5) is 0 Å². The van der Waals surface area contributed by atoms with E-state index in [4.69, 9.17) is 0 Å². The molecule has 0 saturated carbocycles. The first-order chi connectivity index (χ1) is 7.74. The van der Waals surface area contributed by atoms with E-state index >= 15 is 0 Å². The second kappa shape index (κ2) is 7.41. The summed E-state index contributed by atoms with van der Waals surface area (Å²) in [6, 6.07) is 0. The summed E-state index contributed by atoms with van der Waals surface area (Å²) in [4.78, 5) is 0. The molecule has 0 aliphatic rings. The van der Waals surface area contributed by atoms with Crippen molar-refractivity contribution in [2.45, 2.75) is 33.2 Å². The topological polar surface area (TPSA) is 41.9 Å². The fourth-order valence-corrected chi connectivity index (χ4v) is 1.69. The zero-order valence-corrected chi connectivity index (χ0v) is 10.7. The van der Waals surface area contributed by atoms with Crippen LogP contribution in [0.1, 0.15) is 31.0 Å². The van der Waals surface area contributed by atoms with Gasteiger partial charge in [-0.2, -0.15) is 5.10 Å². The van der Waals surface area contributed by atoms with E-state index in [1.807, 2.05) is 11.7 Å². The van der Waals surface area contributed by atoms with Crippen LogP contribution in [-0.4, -0.2) is 29.4 Å². The van der Waals surface area contributed by atoms with E-state index in [0.29, 0.717) is 0 Å². The van der Waals surface area contributed by atoms with Crippen molar-refractivity contribution in [1.82, 2.24) is 20.4 Å². The Hall–Kier alpha value is -0.870. The van der Waals surface area contributed by atoms with Gasteiger partial charge in [-0.05, 0) is 39.4 Å². The molecule has 1 heterocycles. The highest BCUT2D eigenvalue weighted by Crippen LogP contribution is 2.03. The van der Waals surface area contributed by atoms with Crippen LogP contribution < -0.4 is 10.6 Å². The first kappa shape index (κ1) is 13.2. The highest BCUT2D eigenvalue weighted by molar-refractivity contribution is 5.14. The van der Waals surface area contributed by atoms with Crippen LogP contribution >= 0.6 is 0 Å². The molecule has 1 rings (SSSR count). The molecule has 16 heavy (non-hydrogen) atoms. The molecule has 2 N–H and O–H groups in total. The van der Waals surface area contributed by atoms with E-state index in [0.717, 1.165) is 31.9 Å². The van der Waals surface area contributed by atoms with Crippen molar-refractivity contribution < 1.29 is 0 Å². The second-order valence-electron chi connectivity index (χ2n) is 4.19. The summed E-state index contributed by atoms with van der Waals surface area (Å²) in [7, 11) is 1.96. The van der Waals surface area contributed by atoms with Gasteiger partial charge in [0.1, 0.15) is 0 Å². The average Bonchev–Trinajstić information content (AvgIpc) is 2.56. The molecular formula is C12H24N4. The van der Waals surface area contributed by atoms with Gasteiger partial charge in [0.05, 0.1) is 5.69 Å². The van der Waals surface area contributed by atoms with E-state index in [1.54, 1.807) is 0 Å². The maximum atomic E-state index is 4.31. The van der Waals surface area contributed by atoms with Gasteiger partial charge >= 0.3 is 0 Å². The van der Waals surface area contributed by atoms with Crippen LogP contribution in [0, 0.1) is 6.92 Å². The number of hydrogen-bond acceptors (Lipinski definition) is 3. The quantitative estimate of drug-likeness (QED) is 0.652. The summed E-state index contributed by atoms with van der Waals surface area (Å²) < 4.78 is 1.87. The molecule has 4 nitrogen and oxygen atoms in total. The van der Waals surface area contributed by atoms with Gasteiger partial charge in [0.25, 0.3) is 0 Å². The van der Waals surface area contributed by atoms with Gasteiger partial charge in [-0.15, -0.1) is 0 Å². The summed E-state index contributed by atoms with van der Waals surface area (Å²) in [5.41, 5.74) is 2.42. The van der Waals surface area contributed by atoms with Crippen LogP contribution in [0.15, 0.2) is 6.20 Å². The van der Waals surface area contributed by atoms with Gasteiger partial charge in [0.2, 0.25) is 0 Å². The number of aromatic nitrogens is 2. The Bertz CT molecular complexity index is 293. The summed E-state index contributed by atoms with van der Waals surface area (Å²) in [5, 5.41) is 11.1. The maximum Gasteiger partial charge on any atom is 0.0638 e. The zero-order valence-electron chi connectivity index (χ0n) is 10.7. The van der Waals surface area contributed by atoms with Crippen molar-refractivity contribution >= 4 is 0 Å². The Morgan fingerprint density at radius 3 is 2.62 bits per heavy atom. The molecule has 0 aliphatic heterocycles. The lowest BCUT2D eigenvalue weighted by atomic mass is 10.2. The molecule has 0 fully saturated rings. The minimum Gasteiger partial charge on any atom is -0.317 e. The van der Waals surface area contributed by atoms with Crippen molar-refractivity contribution in [1.29, 1.82) is 0 Å². The third kappa shape index (κ3) is 4.77. The monoisotopic (exact) mass is 224 g/mol. The summed E-state index contributed by atoms with van der Waals surface area (Å²) in [5.74, 6) is 0. The average molecular weight is 224 g/mol. The fourth-order valence-electron chi connectivity index (χ4n) is 1.69. The predicted molar refractivity (Wildman–Crippen MR) is 67.4 cm³/mol. The number of hydrogen-bond donors (Lipinski definition) is 2. The molecule has 92 valence electrons. The van der Waals surface area contributed by atoms with E-state index in [2.05, 4.69) is 35.8 Å². The van der Waals surface area contributed by atoms with Crippen LogP contribution in [0.3, 0.4) is 0 Å². The Kier molecular flexibility index (Phi) is 6.11. The van der Waals surface area contributed by atoms with E-state index in [9.17, 15) is 0 Å². The van der Waals surface area contributed by atoms with Crippen molar-refractivity contribution in [3.63, 3.8) is 0 Å². The second-order valence-corrected chi connectivity index (χ2v) is 4.19. The van der Waals surface area contributed by atoms with Crippen LogP contribution in [-0.2, 0) is 13.6 Å². The normalized spacial score (nSPS) is 10.9. The molecule has 0 amide bonds. The highest BCUT2D eigenvalue weighted by atomic mass is 15.2. The SMILES string of the molecule is CCCNCCCNCc1cn(C)nc1C. The lowest BCUT2D eigenvalue weighted by Gasteiger charge is -2.04. The summed E-state index contributed by atoms with van der Waals surface area (Å²) >= 11 is 0. The van der Waals surface area contributed by atoms with Crippen molar-refractivity contribution in [3.8, 4) is 0 Å². The van der Waals surface area contributed by atoms with Crippen molar-refractivity contribution in [2.24, 2.45) is 7.05 Å². The first-order valence-electron chi connectivity index (χ1n) is 6.14. The number of rotatable bonds is 8. The van der Waals surface area contributed by atoms with E-state index in [1.165, 1.54) is 18.4 Å². The minimum absolute atomic E-state index is 0.924. The third-order valence-electron chi connectivity index (χ3n) is 2.56. The number of aryl methyl sites for hydroxylation is 2. The molecule has 0 saturated heterocycles. The van der Waals surface area contributed by atoms with Crippen molar-refractivity contribution in [2.75, 3.05) is 19.6 Å². The number of nitrogens with zero attached hydrogens (tertiary/aromatic N) is 2. The Labute approximate surface area is 98.4 Å². The smallest absolute Gasteiger partial charge is 0.0638 e. The third-order valence-corrected chi connectivity index (χ3v) is 2.56. The Morgan fingerprint density at radius 1 is 1.25 bits per heavy atom. The molecule has 1 aromatic rings. The molecule has 0 spiro atoms. The molecule has 0 radical (unpaired) electrons. The molecule has 0 atom stereocenters. The molecule has 0 unspecified atom stereocenters. The zero-order chi connectivity index (χ0) is 11.8. The highest BCUT2D eigenvalue weighted by Gasteiger charge is 2.01. The maximum absolute atomic E-state index is 4.31. The first-order valence-corrected chi connectivity index (χ1v) is 6.14. The lowest BCUT2D eigenvalue weighted by Crippen LogP contribution is -2.22. The molecule has 0 aliphatic carbocycles. The van der Waals surface area contributed by atoms with E-state index < -0.39 is 0 Å². The van der Waals surface area contributed by atoms with Gasteiger partial charge in [0.15, 0.2) is 0 Å². The summed E-state index contributed by atoms with van der Waals surface area (Å²) in [6.45, 7) is 8.46. The van der Waals surface area contributed by atoms with Gasteiger partial charge in [-0.25, -0.2) is 0 Å². The standard InChI is InChI=1S/C12H24N4/c1-4-6-13-7-5-8-14-9-12-10-16(3)15-11(12)2/h10,13-14H,4-9H2,1-3H3. The Morgan fingerprint density at radius 2 is 2.00 bits per heavy atom.